The summed E-state index contributed by atoms with van der Waals surface area (Å²) in [6, 6.07) is 4.74. The highest BCUT2D eigenvalue weighted by Crippen LogP contribution is 2.35. The van der Waals surface area contributed by atoms with Gasteiger partial charge in [0.1, 0.15) is 10.7 Å². The normalized spacial score (nSPS) is 10.9. The van der Waals surface area contributed by atoms with Crippen molar-refractivity contribution in [2.45, 2.75) is 0 Å². The molecule has 0 saturated carbocycles. The number of hydrogen-bond donors (Lipinski definition) is 2. The standard InChI is InChI=1S/C13H16FN3OS/c1-16-6-7-17(2)13(18)12-11(15)10-8(14)4-3-5-9(10)19-12/h3-5,16H,6-7,15H2,1-2H3. The molecular weight excluding hydrogens is 265 g/mol. The van der Waals surface area contributed by atoms with E-state index in [0.29, 0.717) is 28.1 Å². The van der Waals surface area contributed by atoms with Gasteiger partial charge in [0.25, 0.3) is 5.91 Å². The van der Waals surface area contributed by atoms with E-state index in [1.807, 2.05) is 7.05 Å². The number of carbonyl (C=O) groups excluding carboxylic acids is 1. The van der Waals surface area contributed by atoms with Crippen molar-refractivity contribution in [2.75, 3.05) is 32.9 Å². The third-order valence-corrected chi connectivity index (χ3v) is 4.10. The molecule has 0 aliphatic carbocycles. The average Bonchev–Trinajstić information content (AvgIpc) is 2.73. The van der Waals surface area contributed by atoms with E-state index < -0.39 is 0 Å². The molecule has 102 valence electrons. The molecule has 0 unspecified atom stereocenters. The first-order valence-electron chi connectivity index (χ1n) is 5.92. The molecule has 2 rings (SSSR count). The van der Waals surface area contributed by atoms with Gasteiger partial charge in [-0.2, -0.15) is 0 Å². The Hall–Kier alpha value is -1.66. The zero-order chi connectivity index (χ0) is 14.0. The Morgan fingerprint density at radius 2 is 2.26 bits per heavy atom. The van der Waals surface area contributed by atoms with Crippen LogP contribution in [0.2, 0.25) is 0 Å². The van der Waals surface area contributed by atoms with Crippen LogP contribution in [0.5, 0.6) is 0 Å². The number of likely N-dealkylation sites (N-methyl/N-ethyl adjacent to an activating group) is 2. The van der Waals surface area contributed by atoms with Gasteiger partial charge in [0.05, 0.1) is 11.1 Å². The van der Waals surface area contributed by atoms with Crippen molar-refractivity contribution >= 4 is 33.0 Å². The lowest BCUT2D eigenvalue weighted by Crippen LogP contribution is -2.32. The summed E-state index contributed by atoms with van der Waals surface area (Å²) < 4.78 is 14.4. The molecule has 6 heteroatoms. The van der Waals surface area contributed by atoms with Crippen molar-refractivity contribution < 1.29 is 9.18 Å². The summed E-state index contributed by atoms with van der Waals surface area (Å²) >= 11 is 1.23. The maximum Gasteiger partial charge on any atom is 0.265 e. The number of nitrogens with two attached hydrogens (primary N) is 1. The molecular formula is C13H16FN3OS. The fourth-order valence-electron chi connectivity index (χ4n) is 1.84. The van der Waals surface area contributed by atoms with Crippen LogP contribution < -0.4 is 11.1 Å². The van der Waals surface area contributed by atoms with Gasteiger partial charge in [0.15, 0.2) is 0 Å². The molecule has 3 N–H and O–H groups in total. The van der Waals surface area contributed by atoms with E-state index in [0.717, 1.165) is 0 Å². The monoisotopic (exact) mass is 281 g/mol. The molecule has 0 aliphatic rings. The second kappa shape index (κ2) is 5.54. The number of nitrogens with one attached hydrogen (secondary N) is 1. The first-order chi connectivity index (χ1) is 9.06. The number of nitrogen functional groups attached to an aromatic ring is 1. The number of halogens is 1. The summed E-state index contributed by atoms with van der Waals surface area (Å²) in [4.78, 5) is 14.2. The molecule has 0 fully saturated rings. The Morgan fingerprint density at radius 1 is 1.53 bits per heavy atom. The number of fused-ring (bicyclic) bond motifs is 1. The third-order valence-electron chi connectivity index (χ3n) is 2.94. The van der Waals surface area contributed by atoms with Crippen LogP contribution in [0.4, 0.5) is 10.1 Å². The molecule has 1 aromatic carbocycles. The van der Waals surface area contributed by atoms with Gasteiger partial charge in [-0.1, -0.05) is 6.07 Å². The molecule has 0 atom stereocenters. The number of benzene rings is 1. The minimum atomic E-state index is -0.386. The summed E-state index contributed by atoms with van der Waals surface area (Å²) in [5, 5.41) is 3.32. The van der Waals surface area contributed by atoms with E-state index in [1.165, 1.54) is 17.4 Å². The molecule has 0 spiro atoms. The van der Waals surface area contributed by atoms with Crippen molar-refractivity contribution in [1.29, 1.82) is 0 Å². The lowest BCUT2D eigenvalue weighted by molar-refractivity contribution is 0.0802. The van der Waals surface area contributed by atoms with Crippen LogP contribution >= 0.6 is 11.3 Å². The van der Waals surface area contributed by atoms with Crippen LogP contribution in [0.25, 0.3) is 10.1 Å². The van der Waals surface area contributed by atoms with Gasteiger partial charge in [0, 0.05) is 24.8 Å². The second-order valence-corrected chi connectivity index (χ2v) is 5.34. The van der Waals surface area contributed by atoms with E-state index >= 15 is 0 Å². The van der Waals surface area contributed by atoms with Gasteiger partial charge in [-0.05, 0) is 19.2 Å². The van der Waals surface area contributed by atoms with Gasteiger partial charge in [-0.25, -0.2) is 4.39 Å². The zero-order valence-electron chi connectivity index (χ0n) is 10.9. The number of rotatable bonds is 4. The molecule has 1 amide bonds. The van der Waals surface area contributed by atoms with Crippen molar-refractivity contribution in [1.82, 2.24) is 10.2 Å². The maximum absolute atomic E-state index is 13.7. The summed E-state index contributed by atoms with van der Waals surface area (Å²) in [5.41, 5.74) is 6.15. The van der Waals surface area contributed by atoms with Crippen LogP contribution in [0.3, 0.4) is 0 Å². The van der Waals surface area contributed by atoms with E-state index in [1.54, 1.807) is 24.1 Å². The number of hydrogen-bond acceptors (Lipinski definition) is 4. The van der Waals surface area contributed by atoms with E-state index in [4.69, 9.17) is 5.73 Å². The Bertz CT molecular complexity index is 611. The van der Waals surface area contributed by atoms with Crippen LogP contribution in [0, 0.1) is 5.82 Å². The highest BCUT2D eigenvalue weighted by atomic mass is 32.1. The molecule has 19 heavy (non-hydrogen) atoms. The molecule has 0 radical (unpaired) electrons. The highest BCUT2D eigenvalue weighted by molar-refractivity contribution is 7.21. The Kier molecular flexibility index (Phi) is 4.01. The molecule has 2 aromatic rings. The summed E-state index contributed by atoms with van der Waals surface area (Å²) in [7, 11) is 3.53. The molecule has 4 nitrogen and oxygen atoms in total. The van der Waals surface area contributed by atoms with E-state index in [2.05, 4.69) is 5.32 Å². The second-order valence-electron chi connectivity index (χ2n) is 4.29. The summed E-state index contributed by atoms with van der Waals surface area (Å²) in [6.07, 6.45) is 0. The van der Waals surface area contributed by atoms with Crippen molar-refractivity contribution in [3.05, 3.63) is 28.9 Å². The van der Waals surface area contributed by atoms with Crippen LogP contribution in [0.15, 0.2) is 18.2 Å². The fourth-order valence-corrected chi connectivity index (χ4v) is 2.97. The SMILES string of the molecule is CNCCN(C)C(=O)c1sc2cccc(F)c2c1N. The number of amides is 1. The van der Waals surface area contributed by atoms with Crippen LogP contribution in [-0.4, -0.2) is 38.0 Å². The Morgan fingerprint density at radius 3 is 2.89 bits per heavy atom. The number of carbonyl (C=O) groups is 1. The van der Waals surface area contributed by atoms with E-state index in [-0.39, 0.29) is 17.4 Å². The fraction of sp³-hybridized carbons (Fsp3) is 0.308. The number of thiophene rings is 1. The van der Waals surface area contributed by atoms with Crippen molar-refractivity contribution in [2.24, 2.45) is 0 Å². The summed E-state index contributed by atoms with van der Waals surface area (Å²) in [5.74, 6) is -0.559. The predicted octanol–water partition coefficient (Wildman–Crippen LogP) is 1.91. The smallest absolute Gasteiger partial charge is 0.265 e. The average molecular weight is 281 g/mol. The molecule has 1 aromatic heterocycles. The largest absolute Gasteiger partial charge is 0.397 e. The quantitative estimate of drug-likeness (QED) is 0.900. The van der Waals surface area contributed by atoms with Gasteiger partial charge < -0.3 is 16.0 Å². The molecule has 0 saturated heterocycles. The van der Waals surface area contributed by atoms with Crippen molar-refractivity contribution in [3.8, 4) is 0 Å². The Balaban J connectivity index is 2.38. The van der Waals surface area contributed by atoms with Gasteiger partial charge in [0.2, 0.25) is 0 Å². The number of nitrogens with zero attached hydrogens (tertiary/aromatic N) is 1. The van der Waals surface area contributed by atoms with Crippen LogP contribution in [0.1, 0.15) is 9.67 Å². The van der Waals surface area contributed by atoms with Gasteiger partial charge in [-0.3, -0.25) is 4.79 Å². The first-order valence-corrected chi connectivity index (χ1v) is 6.74. The molecule has 0 bridgehead atoms. The first kappa shape index (κ1) is 13.8. The predicted molar refractivity (Wildman–Crippen MR) is 77.1 cm³/mol. The minimum Gasteiger partial charge on any atom is -0.397 e. The van der Waals surface area contributed by atoms with Crippen molar-refractivity contribution in [3.63, 3.8) is 0 Å². The summed E-state index contributed by atoms with van der Waals surface area (Å²) in [6.45, 7) is 1.27. The Labute approximate surface area is 115 Å². The minimum absolute atomic E-state index is 0.173. The van der Waals surface area contributed by atoms with Crippen LogP contribution in [-0.2, 0) is 0 Å². The molecule has 1 heterocycles. The number of anilines is 1. The highest BCUT2D eigenvalue weighted by Gasteiger charge is 2.21. The lowest BCUT2D eigenvalue weighted by Gasteiger charge is -2.16. The maximum atomic E-state index is 13.7. The lowest BCUT2D eigenvalue weighted by atomic mass is 10.2. The third kappa shape index (κ3) is 2.54. The van der Waals surface area contributed by atoms with E-state index in [9.17, 15) is 9.18 Å². The van der Waals surface area contributed by atoms with Gasteiger partial charge >= 0.3 is 0 Å². The zero-order valence-corrected chi connectivity index (χ0v) is 11.7. The van der Waals surface area contributed by atoms with Gasteiger partial charge in [-0.15, -0.1) is 11.3 Å². The topological polar surface area (TPSA) is 58.4 Å². The molecule has 0 aliphatic heterocycles.